The lowest BCUT2D eigenvalue weighted by Crippen LogP contribution is -2.41. The van der Waals surface area contributed by atoms with Crippen molar-refractivity contribution in [2.24, 2.45) is 17.8 Å². The highest BCUT2D eigenvalue weighted by Crippen LogP contribution is 2.48. The van der Waals surface area contributed by atoms with E-state index in [9.17, 15) is 4.39 Å². The van der Waals surface area contributed by atoms with E-state index in [2.05, 4.69) is 21.8 Å². The molecule has 3 aliphatic rings. The van der Waals surface area contributed by atoms with Crippen LogP contribution in [-0.2, 0) is 27.1 Å². The number of rotatable bonds is 8. The van der Waals surface area contributed by atoms with Gasteiger partial charge in [-0.15, -0.1) is 0 Å². The van der Waals surface area contributed by atoms with Gasteiger partial charge in [0.1, 0.15) is 5.82 Å². The SMILES string of the molecule is CCc1cnc(N2CCC(C3CC3COCc3ccc(B4OC(C)(C)C(C)(C)O4)c(F)c3)CC2)nc1. The minimum absolute atomic E-state index is 0.307. The summed E-state index contributed by atoms with van der Waals surface area (Å²) < 4.78 is 32.9. The summed E-state index contributed by atoms with van der Waals surface area (Å²) in [6.45, 7) is 13.2. The Morgan fingerprint density at radius 2 is 1.72 bits per heavy atom. The molecule has 0 bridgehead atoms. The highest BCUT2D eigenvalue weighted by molar-refractivity contribution is 6.62. The molecule has 2 aliphatic heterocycles. The quantitative estimate of drug-likeness (QED) is 0.501. The number of piperidine rings is 1. The van der Waals surface area contributed by atoms with Crippen molar-refractivity contribution in [2.75, 3.05) is 24.6 Å². The van der Waals surface area contributed by atoms with Gasteiger partial charge >= 0.3 is 7.12 Å². The molecule has 0 spiro atoms. The number of hydrogen-bond donors (Lipinski definition) is 0. The van der Waals surface area contributed by atoms with E-state index in [0.29, 0.717) is 18.0 Å². The Morgan fingerprint density at radius 3 is 2.33 bits per heavy atom. The summed E-state index contributed by atoms with van der Waals surface area (Å²) in [7, 11) is -0.689. The first-order chi connectivity index (χ1) is 17.2. The van der Waals surface area contributed by atoms with Crippen molar-refractivity contribution in [1.82, 2.24) is 9.97 Å². The average Bonchev–Trinajstić information content (AvgIpc) is 3.58. The van der Waals surface area contributed by atoms with Crippen LogP contribution in [0, 0.1) is 23.6 Å². The number of anilines is 1. The molecule has 2 aromatic rings. The second kappa shape index (κ2) is 10.0. The fourth-order valence-electron chi connectivity index (χ4n) is 5.41. The Kier molecular flexibility index (Phi) is 7.14. The molecule has 5 rings (SSSR count). The molecular formula is C28H39BFN3O3. The van der Waals surface area contributed by atoms with Crippen molar-refractivity contribution in [3.63, 3.8) is 0 Å². The summed E-state index contributed by atoms with van der Waals surface area (Å²) in [6.07, 6.45) is 8.47. The van der Waals surface area contributed by atoms with E-state index in [-0.39, 0.29) is 5.82 Å². The molecule has 3 heterocycles. The molecule has 2 unspecified atom stereocenters. The van der Waals surface area contributed by atoms with Gasteiger partial charge in [-0.3, -0.25) is 0 Å². The first-order valence-electron chi connectivity index (χ1n) is 13.4. The van der Waals surface area contributed by atoms with Gasteiger partial charge in [-0.05, 0) is 88.3 Å². The largest absolute Gasteiger partial charge is 0.497 e. The molecular weight excluding hydrogens is 456 g/mol. The molecule has 1 saturated carbocycles. The van der Waals surface area contributed by atoms with Crippen LogP contribution in [0.5, 0.6) is 0 Å². The van der Waals surface area contributed by atoms with E-state index < -0.39 is 18.3 Å². The Labute approximate surface area is 215 Å². The highest BCUT2D eigenvalue weighted by atomic mass is 19.1. The topological polar surface area (TPSA) is 56.7 Å². The van der Waals surface area contributed by atoms with E-state index in [1.165, 1.54) is 24.8 Å². The maximum atomic E-state index is 14.9. The zero-order valence-corrected chi connectivity index (χ0v) is 22.3. The number of halogens is 1. The van der Waals surface area contributed by atoms with Crippen molar-refractivity contribution in [1.29, 1.82) is 0 Å². The molecule has 0 N–H and O–H groups in total. The van der Waals surface area contributed by atoms with Gasteiger partial charge in [-0.25, -0.2) is 14.4 Å². The molecule has 6 nitrogen and oxygen atoms in total. The number of hydrogen-bond acceptors (Lipinski definition) is 6. The third-order valence-electron chi connectivity index (χ3n) is 8.68. The molecule has 2 atom stereocenters. The van der Waals surface area contributed by atoms with Crippen LogP contribution in [-0.4, -0.2) is 48.0 Å². The van der Waals surface area contributed by atoms with E-state index in [4.69, 9.17) is 14.0 Å². The number of benzene rings is 1. The molecule has 3 fully saturated rings. The van der Waals surface area contributed by atoms with Crippen LogP contribution in [0.1, 0.15) is 65.0 Å². The summed E-state index contributed by atoms with van der Waals surface area (Å²) in [4.78, 5) is 11.4. The average molecular weight is 495 g/mol. The van der Waals surface area contributed by atoms with Gasteiger partial charge in [-0.2, -0.15) is 0 Å². The van der Waals surface area contributed by atoms with E-state index >= 15 is 0 Å². The van der Waals surface area contributed by atoms with Crippen molar-refractivity contribution in [3.8, 4) is 0 Å². The molecule has 36 heavy (non-hydrogen) atoms. The summed E-state index contributed by atoms with van der Waals surface area (Å²) in [5, 5.41) is 0. The second-order valence-electron chi connectivity index (χ2n) is 11.7. The molecule has 8 heteroatoms. The van der Waals surface area contributed by atoms with Crippen molar-refractivity contribution in [3.05, 3.63) is 47.5 Å². The number of aromatic nitrogens is 2. The first kappa shape index (κ1) is 25.6. The van der Waals surface area contributed by atoms with E-state index in [1.807, 2.05) is 46.2 Å². The minimum Gasteiger partial charge on any atom is -0.399 e. The van der Waals surface area contributed by atoms with Crippen molar-refractivity contribution in [2.45, 2.75) is 78.1 Å². The minimum atomic E-state index is -0.689. The van der Waals surface area contributed by atoms with Gasteiger partial charge in [0.05, 0.1) is 24.4 Å². The van der Waals surface area contributed by atoms with Gasteiger partial charge in [0.2, 0.25) is 5.95 Å². The molecule has 1 aromatic carbocycles. The monoisotopic (exact) mass is 495 g/mol. The lowest BCUT2D eigenvalue weighted by atomic mass is 9.78. The van der Waals surface area contributed by atoms with Crippen LogP contribution in [0.2, 0.25) is 0 Å². The van der Waals surface area contributed by atoms with Crippen molar-refractivity contribution >= 4 is 18.5 Å². The van der Waals surface area contributed by atoms with Gasteiger partial charge in [-0.1, -0.05) is 19.1 Å². The number of aryl methyl sites for hydroxylation is 1. The summed E-state index contributed by atoms with van der Waals surface area (Å²) >= 11 is 0. The third-order valence-corrected chi connectivity index (χ3v) is 8.68. The van der Waals surface area contributed by atoms with Gasteiger partial charge < -0.3 is 18.9 Å². The summed E-state index contributed by atoms with van der Waals surface area (Å²) in [5.41, 5.74) is 1.48. The number of ether oxygens (including phenoxy) is 1. The Hall–Kier alpha value is -2.03. The van der Waals surface area contributed by atoms with Crippen molar-refractivity contribution < 1.29 is 18.4 Å². The molecule has 0 radical (unpaired) electrons. The fraction of sp³-hybridized carbons (Fsp3) is 0.643. The molecule has 2 saturated heterocycles. The van der Waals surface area contributed by atoms with Crippen LogP contribution in [0.15, 0.2) is 30.6 Å². The summed E-state index contributed by atoms with van der Waals surface area (Å²) in [6, 6.07) is 5.23. The van der Waals surface area contributed by atoms with Crippen LogP contribution < -0.4 is 10.4 Å². The Bertz CT molecular complexity index is 1040. The predicted molar refractivity (Wildman–Crippen MR) is 140 cm³/mol. The van der Waals surface area contributed by atoms with Crippen LogP contribution in [0.4, 0.5) is 10.3 Å². The second-order valence-corrected chi connectivity index (χ2v) is 11.7. The van der Waals surface area contributed by atoms with Crippen LogP contribution >= 0.6 is 0 Å². The maximum Gasteiger partial charge on any atom is 0.497 e. The summed E-state index contributed by atoms with van der Waals surface area (Å²) in [5.74, 6) is 2.67. The standard InChI is InChI=1S/C28H39BFN3O3/c1-6-19-15-31-26(32-16-19)33-11-9-21(10-12-33)23-14-22(23)18-34-17-20-7-8-24(25(30)13-20)29-35-27(2,3)28(4,5)36-29/h7-8,13,15-16,21-23H,6,9-12,14,17-18H2,1-5H3. The normalized spacial score (nSPS) is 25.4. The maximum absolute atomic E-state index is 14.9. The predicted octanol–water partition coefficient (Wildman–Crippen LogP) is 4.55. The van der Waals surface area contributed by atoms with Crippen LogP contribution in [0.3, 0.4) is 0 Å². The fourth-order valence-corrected chi connectivity index (χ4v) is 5.41. The number of nitrogens with zero attached hydrogens (tertiary/aromatic N) is 3. The molecule has 1 aliphatic carbocycles. The van der Waals surface area contributed by atoms with Gasteiger partial charge in [0, 0.05) is 30.9 Å². The first-order valence-corrected chi connectivity index (χ1v) is 13.4. The van der Waals surface area contributed by atoms with Gasteiger partial charge in [0.25, 0.3) is 0 Å². The lowest BCUT2D eigenvalue weighted by Gasteiger charge is -2.32. The zero-order valence-electron chi connectivity index (χ0n) is 22.3. The van der Waals surface area contributed by atoms with Crippen LogP contribution in [0.25, 0.3) is 0 Å². The smallest absolute Gasteiger partial charge is 0.399 e. The molecule has 0 amide bonds. The third kappa shape index (κ3) is 5.31. The Balaban J connectivity index is 1.05. The Morgan fingerprint density at radius 1 is 1.06 bits per heavy atom. The van der Waals surface area contributed by atoms with E-state index in [0.717, 1.165) is 49.5 Å². The molecule has 1 aromatic heterocycles. The highest BCUT2D eigenvalue weighted by Gasteiger charge is 2.52. The van der Waals surface area contributed by atoms with Gasteiger partial charge in [0.15, 0.2) is 0 Å². The zero-order chi connectivity index (χ0) is 25.5. The molecule has 194 valence electrons. The van der Waals surface area contributed by atoms with E-state index in [1.54, 1.807) is 12.1 Å². The lowest BCUT2D eigenvalue weighted by molar-refractivity contribution is 0.00578.